The van der Waals surface area contributed by atoms with Crippen LogP contribution in [-0.4, -0.2) is 10.2 Å². The lowest BCUT2D eigenvalue weighted by Gasteiger charge is -1.92. The molecule has 0 unspecified atom stereocenters. The molecular weight excluding hydrogens is 186 g/mol. The molecule has 0 saturated carbocycles. The van der Waals surface area contributed by atoms with Crippen LogP contribution in [0.15, 0.2) is 30.6 Å². The molecule has 2 heteroatoms. The van der Waals surface area contributed by atoms with Crippen molar-refractivity contribution < 1.29 is 4.79 Å². The summed E-state index contributed by atoms with van der Waals surface area (Å²) in [5.74, 6) is 0.126. The summed E-state index contributed by atoms with van der Waals surface area (Å²) in [5, 5.41) is 0. The van der Waals surface area contributed by atoms with Crippen molar-refractivity contribution >= 4 is 11.3 Å². The Bertz CT molecular complexity index is 468. The van der Waals surface area contributed by atoms with E-state index in [1.807, 2.05) is 55.8 Å². The molecular formula is C13H17NO. The van der Waals surface area contributed by atoms with Gasteiger partial charge in [0.25, 0.3) is 0 Å². The molecule has 2 nitrogen and oxygen atoms in total. The quantitative estimate of drug-likeness (QED) is 0.650. The van der Waals surface area contributed by atoms with Crippen molar-refractivity contribution in [1.29, 1.82) is 0 Å². The van der Waals surface area contributed by atoms with Crippen molar-refractivity contribution in [2.75, 3.05) is 0 Å². The van der Waals surface area contributed by atoms with Crippen LogP contribution < -0.4 is 0 Å². The lowest BCUT2D eigenvalue weighted by Crippen LogP contribution is -1.90. The van der Waals surface area contributed by atoms with E-state index in [0.717, 1.165) is 16.6 Å². The van der Waals surface area contributed by atoms with Gasteiger partial charge in [-0.3, -0.25) is 4.79 Å². The first kappa shape index (κ1) is 11.5. The van der Waals surface area contributed by atoms with Gasteiger partial charge in [-0.1, -0.05) is 19.9 Å². The monoisotopic (exact) mass is 203 g/mol. The molecule has 0 spiro atoms. The van der Waals surface area contributed by atoms with Crippen molar-refractivity contribution in [2.24, 2.45) is 0 Å². The van der Waals surface area contributed by atoms with Crippen LogP contribution in [0.3, 0.4) is 0 Å². The summed E-state index contributed by atoms with van der Waals surface area (Å²) in [6.45, 7) is 7.58. The second-order valence-corrected chi connectivity index (χ2v) is 3.22. The fraction of sp³-hybridized carbons (Fsp3) is 0.308. The van der Waals surface area contributed by atoms with Crippen LogP contribution in [0.1, 0.15) is 36.7 Å². The number of hydrogen-bond acceptors (Lipinski definition) is 1. The SMILES string of the molecule is CC.CC(=O)c1cn2ccccc2c1C. The van der Waals surface area contributed by atoms with Crippen LogP contribution >= 0.6 is 0 Å². The summed E-state index contributed by atoms with van der Waals surface area (Å²) in [7, 11) is 0. The topological polar surface area (TPSA) is 21.5 Å². The van der Waals surface area contributed by atoms with E-state index in [0.29, 0.717) is 0 Å². The average molecular weight is 203 g/mol. The van der Waals surface area contributed by atoms with Crippen molar-refractivity contribution in [3.05, 3.63) is 41.7 Å². The number of carbonyl (C=O) groups is 1. The van der Waals surface area contributed by atoms with Crippen molar-refractivity contribution in [2.45, 2.75) is 27.7 Å². The fourth-order valence-electron chi connectivity index (χ4n) is 1.62. The van der Waals surface area contributed by atoms with E-state index in [2.05, 4.69) is 0 Å². The summed E-state index contributed by atoms with van der Waals surface area (Å²) in [5.41, 5.74) is 2.98. The third-order valence-corrected chi connectivity index (χ3v) is 2.33. The van der Waals surface area contributed by atoms with Crippen LogP contribution in [0.4, 0.5) is 0 Å². The van der Waals surface area contributed by atoms with Crippen molar-refractivity contribution in [3.63, 3.8) is 0 Å². The first-order valence-electron chi connectivity index (χ1n) is 5.27. The lowest BCUT2D eigenvalue weighted by atomic mass is 10.1. The molecule has 0 aliphatic heterocycles. The summed E-state index contributed by atoms with van der Waals surface area (Å²) in [6.07, 6.45) is 3.84. The summed E-state index contributed by atoms with van der Waals surface area (Å²) < 4.78 is 1.98. The maximum absolute atomic E-state index is 11.2. The smallest absolute Gasteiger partial charge is 0.161 e. The molecule has 0 radical (unpaired) electrons. The van der Waals surface area contributed by atoms with Gasteiger partial charge in [-0.25, -0.2) is 0 Å². The number of aromatic nitrogens is 1. The molecule has 0 aliphatic rings. The van der Waals surface area contributed by atoms with E-state index in [4.69, 9.17) is 0 Å². The van der Waals surface area contributed by atoms with Crippen LogP contribution in [-0.2, 0) is 0 Å². The van der Waals surface area contributed by atoms with Gasteiger partial charge >= 0.3 is 0 Å². The van der Waals surface area contributed by atoms with Crippen LogP contribution in [0.5, 0.6) is 0 Å². The van der Waals surface area contributed by atoms with Gasteiger partial charge in [-0.2, -0.15) is 0 Å². The highest BCUT2D eigenvalue weighted by Crippen LogP contribution is 2.17. The van der Waals surface area contributed by atoms with Crippen LogP contribution in [0.2, 0.25) is 0 Å². The Morgan fingerprint density at radius 2 is 1.93 bits per heavy atom. The number of fused-ring (bicyclic) bond motifs is 1. The molecule has 2 heterocycles. The standard InChI is InChI=1S/C11H11NO.C2H6/c1-8-10(9(2)13)7-12-6-4-3-5-11(8)12;1-2/h3-7H,1-2H3;1-2H3. The highest BCUT2D eigenvalue weighted by Gasteiger charge is 2.08. The third-order valence-electron chi connectivity index (χ3n) is 2.33. The molecule has 0 fully saturated rings. The largest absolute Gasteiger partial charge is 0.323 e. The zero-order valence-corrected chi connectivity index (χ0v) is 9.74. The second kappa shape index (κ2) is 4.78. The van der Waals surface area contributed by atoms with Crippen LogP contribution in [0, 0.1) is 6.92 Å². The molecule has 2 aromatic heterocycles. The predicted octanol–water partition coefficient (Wildman–Crippen LogP) is 3.48. The Morgan fingerprint density at radius 3 is 2.47 bits per heavy atom. The van der Waals surface area contributed by atoms with Gasteiger partial charge in [0.1, 0.15) is 0 Å². The summed E-state index contributed by atoms with van der Waals surface area (Å²) in [6, 6.07) is 5.95. The van der Waals surface area contributed by atoms with Gasteiger partial charge in [0.15, 0.2) is 5.78 Å². The second-order valence-electron chi connectivity index (χ2n) is 3.22. The van der Waals surface area contributed by atoms with Gasteiger partial charge in [-0.05, 0) is 31.5 Å². The highest BCUT2D eigenvalue weighted by molar-refractivity contribution is 5.97. The minimum Gasteiger partial charge on any atom is -0.323 e. The van der Waals surface area contributed by atoms with Gasteiger partial charge in [0.05, 0.1) is 0 Å². The van der Waals surface area contributed by atoms with E-state index < -0.39 is 0 Å². The minimum absolute atomic E-state index is 0.126. The molecule has 0 amide bonds. The molecule has 80 valence electrons. The molecule has 0 atom stereocenters. The van der Waals surface area contributed by atoms with E-state index >= 15 is 0 Å². The Balaban J connectivity index is 0.000000531. The Morgan fingerprint density at radius 1 is 1.27 bits per heavy atom. The number of Topliss-reactive ketones (excluding diaryl/α,β-unsaturated/α-hetero) is 1. The molecule has 0 N–H and O–H groups in total. The fourth-order valence-corrected chi connectivity index (χ4v) is 1.62. The average Bonchev–Trinajstić information content (AvgIpc) is 2.60. The summed E-state index contributed by atoms with van der Waals surface area (Å²) >= 11 is 0. The molecule has 15 heavy (non-hydrogen) atoms. The predicted molar refractivity (Wildman–Crippen MR) is 63.5 cm³/mol. The highest BCUT2D eigenvalue weighted by atomic mass is 16.1. The zero-order valence-electron chi connectivity index (χ0n) is 9.74. The molecule has 0 aromatic carbocycles. The van der Waals surface area contributed by atoms with Crippen molar-refractivity contribution in [1.82, 2.24) is 4.40 Å². The number of carbonyl (C=O) groups excluding carboxylic acids is 1. The van der Waals surface area contributed by atoms with Gasteiger partial charge in [-0.15, -0.1) is 0 Å². The van der Waals surface area contributed by atoms with E-state index in [1.165, 1.54) is 0 Å². The number of aryl methyl sites for hydroxylation is 1. The lowest BCUT2D eigenvalue weighted by molar-refractivity contribution is 0.101. The van der Waals surface area contributed by atoms with Gasteiger partial charge in [0.2, 0.25) is 0 Å². The Kier molecular flexibility index (Phi) is 3.67. The van der Waals surface area contributed by atoms with Crippen molar-refractivity contribution in [3.8, 4) is 0 Å². The minimum atomic E-state index is 0.126. The first-order chi connectivity index (χ1) is 7.20. The number of ketones is 1. The van der Waals surface area contributed by atoms with E-state index in [9.17, 15) is 4.79 Å². The number of rotatable bonds is 1. The molecule has 0 aliphatic carbocycles. The number of hydrogen-bond donors (Lipinski definition) is 0. The number of nitrogens with zero attached hydrogens (tertiary/aromatic N) is 1. The molecule has 2 aromatic rings. The maximum Gasteiger partial charge on any atom is 0.161 e. The normalized spacial score (nSPS) is 9.60. The maximum atomic E-state index is 11.2. The van der Waals surface area contributed by atoms with Gasteiger partial charge < -0.3 is 4.40 Å². The summed E-state index contributed by atoms with van der Waals surface area (Å²) in [4.78, 5) is 11.2. The Labute approximate surface area is 90.5 Å². The Hall–Kier alpha value is -1.57. The molecule has 2 rings (SSSR count). The molecule has 0 saturated heterocycles. The van der Waals surface area contributed by atoms with Crippen LogP contribution in [0.25, 0.3) is 5.52 Å². The third kappa shape index (κ3) is 2.09. The zero-order chi connectivity index (χ0) is 11.4. The van der Waals surface area contributed by atoms with Gasteiger partial charge in [0, 0.05) is 23.5 Å². The number of pyridine rings is 1. The first-order valence-corrected chi connectivity index (χ1v) is 5.27. The van der Waals surface area contributed by atoms with E-state index in [1.54, 1.807) is 6.92 Å². The molecule has 0 bridgehead atoms. The van der Waals surface area contributed by atoms with E-state index in [-0.39, 0.29) is 5.78 Å².